The molecule has 6 nitrogen and oxygen atoms in total. The van der Waals surface area contributed by atoms with Gasteiger partial charge in [-0.05, 0) is 12.1 Å². The Hall–Kier alpha value is -2.78. The predicted molar refractivity (Wildman–Crippen MR) is 90.0 cm³/mol. The number of benzene rings is 1. The minimum atomic E-state index is -0.255. The number of para-hydroxylation sites is 1. The minimum Gasteiger partial charge on any atom is -0.471 e. The first-order valence-corrected chi connectivity index (χ1v) is 7.90. The van der Waals surface area contributed by atoms with Gasteiger partial charge >= 0.3 is 0 Å². The third-order valence-corrected chi connectivity index (χ3v) is 4.02. The van der Waals surface area contributed by atoms with Crippen molar-refractivity contribution in [1.82, 2.24) is 4.90 Å². The van der Waals surface area contributed by atoms with Gasteiger partial charge in [0.2, 0.25) is 11.2 Å². The molecule has 0 unspecified atom stereocenters. The summed E-state index contributed by atoms with van der Waals surface area (Å²) in [6, 6.07) is 13.6. The van der Waals surface area contributed by atoms with Gasteiger partial charge in [-0.15, -0.1) is 0 Å². The van der Waals surface area contributed by atoms with Crippen LogP contribution in [0.15, 0.2) is 51.9 Å². The van der Waals surface area contributed by atoms with Gasteiger partial charge in [0.05, 0.1) is 6.54 Å². The van der Waals surface area contributed by atoms with Crippen molar-refractivity contribution < 1.29 is 9.15 Å². The van der Waals surface area contributed by atoms with Crippen molar-refractivity contribution in [2.24, 2.45) is 0 Å². The first kappa shape index (κ1) is 16.1. The van der Waals surface area contributed by atoms with Crippen LogP contribution < -0.4 is 15.1 Å². The van der Waals surface area contributed by atoms with Crippen LogP contribution in [0.4, 0.5) is 5.69 Å². The average Bonchev–Trinajstić information content (AvgIpc) is 2.62. The molecule has 124 valence electrons. The summed E-state index contributed by atoms with van der Waals surface area (Å²) >= 11 is 0. The summed E-state index contributed by atoms with van der Waals surface area (Å²) in [6.07, 6.45) is 1.29. The van der Waals surface area contributed by atoms with Gasteiger partial charge in [-0.1, -0.05) is 18.2 Å². The molecule has 1 aromatic carbocycles. The van der Waals surface area contributed by atoms with Crippen LogP contribution in [0.1, 0.15) is 5.76 Å². The van der Waals surface area contributed by atoms with E-state index in [1.807, 2.05) is 24.3 Å². The number of ether oxygens (including phenoxy) is 1. The Bertz CT molecular complexity index is 759. The highest BCUT2D eigenvalue weighted by molar-refractivity contribution is 5.46. The van der Waals surface area contributed by atoms with E-state index in [1.54, 1.807) is 0 Å². The molecule has 1 fully saturated rings. The lowest BCUT2D eigenvalue weighted by Crippen LogP contribution is -2.46. The molecule has 1 aromatic heterocycles. The third kappa shape index (κ3) is 3.94. The molecule has 0 aliphatic carbocycles. The Labute approximate surface area is 140 Å². The molecular weight excluding hydrogens is 306 g/mol. The van der Waals surface area contributed by atoms with Crippen LogP contribution in [-0.2, 0) is 6.54 Å². The average molecular weight is 325 g/mol. The lowest BCUT2D eigenvalue weighted by Gasteiger charge is -2.35. The number of nitrogens with zero attached hydrogens (tertiary/aromatic N) is 3. The Morgan fingerprint density at radius 3 is 2.58 bits per heavy atom. The Morgan fingerprint density at radius 2 is 1.92 bits per heavy atom. The Morgan fingerprint density at radius 1 is 1.17 bits per heavy atom. The molecule has 0 radical (unpaired) electrons. The molecule has 6 heteroatoms. The van der Waals surface area contributed by atoms with Gasteiger partial charge in [0.25, 0.3) is 0 Å². The van der Waals surface area contributed by atoms with Crippen molar-refractivity contribution in [3.63, 3.8) is 0 Å². The molecule has 1 aliphatic rings. The van der Waals surface area contributed by atoms with Crippen LogP contribution in [0.3, 0.4) is 0 Å². The number of rotatable bonds is 5. The zero-order valence-corrected chi connectivity index (χ0v) is 13.4. The van der Waals surface area contributed by atoms with E-state index in [1.165, 1.54) is 18.0 Å². The smallest absolute Gasteiger partial charge is 0.227 e. The van der Waals surface area contributed by atoms with E-state index in [-0.39, 0.29) is 17.8 Å². The summed E-state index contributed by atoms with van der Waals surface area (Å²) < 4.78 is 10.5. The second-order valence-corrected chi connectivity index (χ2v) is 5.62. The molecule has 0 spiro atoms. The van der Waals surface area contributed by atoms with Crippen LogP contribution in [0, 0.1) is 11.3 Å². The fourth-order valence-corrected chi connectivity index (χ4v) is 2.76. The Balaban J connectivity index is 1.55. The molecule has 0 N–H and O–H groups in total. The summed E-state index contributed by atoms with van der Waals surface area (Å²) in [6.45, 7) is 4.13. The van der Waals surface area contributed by atoms with Crippen LogP contribution in [-0.4, -0.2) is 37.7 Å². The van der Waals surface area contributed by atoms with Crippen molar-refractivity contribution >= 4 is 5.69 Å². The van der Waals surface area contributed by atoms with Crippen molar-refractivity contribution in [3.8, 4) is 11.8 Å². The first-order valence-electron chi connectivity index (χ1n) is 7.90. The maximum atomic E-state index is 11.9. The molecule has 1 saturated heterocycles. The number of anilines is 1. The van der Waals surface area contributed by atoms with Crippen molar-refractivity contribution in [2.45, 2.75) is 6.54 Å². The highest BCUT2D eigenvalue weighted by Gasteiger charge is 2.18. The minimum absolute atomic E-state index is 0.0780. The number of hydrogen-bond donors (Lipinski definition) is 0. The topological polar surface area (TPSA) is 69.7 Å². The van der Waals surface area contributed by atoms with Crippen LogP contribution >= 0.6 is 0 Å². The van der Waals surface area contributed by atoms with Gasteiger partial charge in [-0.25, -0.2) is 0 Å². The summed E-state index contributed by atoms with van der Waals surface area (Å²) in [4.78, 5) is 16.5. The van der Waals surface area contributed by atoms with E-state index in [0.717, 1.165) is 26.2 Å². The van der Waals surface area contributed by atoms with Crippen LogP contribution in [0.2, 0.25) is 0 Å². The third-order valence-electron chi connectivity index (χ3n) is 4.02. The van der Waals surface area contributed by atoms with E-state index in [2.05, 4.69) is 21.9 Å². The van der Waals surface area contributed by atoms with E-state index in [0.29, 0.717) is 12.3 Å². The maximum absolute atomic E-state index is 11.9. The second kappa shape index (κ2) is 7.66. The fourth-order valence-electron chi connectivity index (χ4n) is 2.76. The fraction of sp³-hybridized carbons (Fsp3) is 0.333. The van der Waals surface area contributed by atoms with Gasteiger partial charge in [-0.2, -0.15) is 5.26 Å². The van der Waals surface area contributed by atoms with Crippen molar-refractivity contribution in [2.75, 3.05) is 37.7 Å². The van der Waals surface area contributed by atoms with E-state index < -0.39 is 0 Å². The zero-order chi connectivity index (χ0) is 16.8. The van der Waals surface area contributed by atoms with Gasteiger partial charge in [-0.3, -0.25) is 9.69 Å². The van der Waals surface area contributed by atoms with Crippen LogP contribution in [0.5, 0.6) is 5.75 Å². The van der Waals surface area contributed by atoms with Crippen molar-refractivity contribution in [1.29, 1.82) is 5.26 Å². The van der Waals surface area contributed by atoms with Gasteiger partial charge < -0.3 is 14.1 Å². The molecule has 0 amide bonds. The standard InChI is InChI=1S/C18H19N3O3/c19-6-11-23-18-14-24-16(12-17(18)22)13-20-7-9-21(10-8-20)15-4-2-1-3-5-15/h1-5,12,14H,7-11,13H2. The molecular formula is C18H19N3O3. The first-order chi connectivity index (χ1) is 11.8. The van der Waals surface area contributed by atoms with Gasteiger partial charge in [0.15, 0.2) is 6.61 Å². The quantitative estimate of drug-likeness (QED) is 0.836. The lowest BCUT2D eigenvalue weighted by molar-refractivity contribution is 0.226. The molecule has 1 aliphatic heterocycles. The lowest BCUT2D eigenvalue weighted by atomic mass is 10.2. The van der Waals surface area contributed by atoms with Gasteiger partial charge in [0, 0.05) is 37.9 Å². The molecule has 24 heavy (non-hydrogen) atoms. The maximum Gasteiger partial charge on any atom is 0.227 e. The molecule has 0 atom stereocenters. The Kier molecular flexibility index (Phi) is 5.14. The van der Waals surface area contributed by atoms with E-state index in [9.17, 15) is 4.79 Å². The number of piperazine rings is 1. The highest BCUT2D eigenvalue weighted by atomic mass is 16.5. The zero-order valence-electron chi connectivity index (χ0n) is 13.4. The van der Waals surface area contributed by atoms with Crippen molar-refractivity contribution in [3.05, 3.63) is 58.6 Å². The van der Waals surface area contributed by atoms with Gasteiger partial charge in [0.1, 0.15) is 18.1 Å². The molecule has 0 bridgehead atoms. The largest absolute Gasteiger partial charge is 0.471 e. The summed E-state index contributed by atoms with van der Waals surface area (Å²) in [5, 5.41) is 8.47. The number of hydrogen-bond acceptors (Lipinski definition) is 6. The molecule has 2 heterocycles. The number of nitriles is 1. The van der Waals surface area contributed by atoms with Crippen LogP contribution in [0.25, 0.3) is 0 Å². The summed E-state index contributed by atoms with van der Waals surface area (Å²) in [5.74, 6) is 0.687. The molecule has 0 saturated carbocycles. The predicted octanol–water partition coefficient (Wildman–Crippen LogP) is 1.86. The van der Waals surface area contributed by atoms with E-state index in [4.69, 9.17) is 14.4 Å². The summed E-state index contributed by atoms with van der Waals surface area (Å²) in [5.41, 5.74) is 0.983. The van der Waals surface area contributed by atoms with E-state index >= 15 is 0 Å². The molecule has 3 rings (SSSR count). The monoisotopic (exact) mass is 325 g/mol. The normalized spacial score (nSPS) is 15.0. The highest BCUT2D eigenvalue weighted by Crippen LogP contribution is 2.17. The summed E-state index contributed by atoms with van der Waals surface area (Å²) in [7, 11) is 0. The SMILES string of the molecule is N#CCOc1coc(CN2CCN(c3ccccc3)CC2)cc1=O. The molecule has 2 aromatic rings. The second-order valence-electron chi connectivity index (χ2n) is 5.62.